The van der Waals surface area contributed by atoms with E-state index < -0.39 is 0 Å². The zero-order chi connectivity index (χ0) is 13.3. The molecule has 100 valence electrons. The van der Waals surface area contributed by atoms with E-state index in [1.54, 1.807) is 12.3 Å². The number of rotatable bonds is 2. The Kier molecular flexibility index (Phi) is 3.34. The maximum absolute atomic E-state index is 5.98. The van der Waals surface area contributed by atoms with Crippen LogP contribution in [0.25, 0.3) is 0 Å². The first-order valence-corrected chi connectivity index (χ1v) is 6.45. The van der Waals surface area contributed by atoms with Crippen molar-refractivity contribution in [2.75, 3.05) is 50.6 Å². The van der Waals surface area contributed by atoms with Crippen LogP contribution in [0, 0.1) is 0 Å². The molecule has 1 saturated heterocycles. The molecular weight excluding hydrogens is 226 g/mol. The Bertz CT molecular complexity index is 416. The fourth-order valence-electron chi connectivity index (χ4n) is 2.61. The number of nitrogens with two attached hydrogens (primary N) is 2. The number of nitrogen functional groups attached to an aromatic ring is 2. The minimum Gasteiger partial charge on any atom is -0.397 e. The van der Waals surface area contributed by atoms with Gasteiger partial charge in [0, 0.05) is 25.9 Å². The van der Waals surface area contributed by atoms with Crippen LogP contribution in [0.15, 0.2) is 12.3 Å². The van der Waals surface area contributed by atoms with Gasteiger partial charge >= 0.3 is 0 Å². The number of hydrogen-bond donors (Lipinski definition) is 2. The fraction of sp³-hybridized carbons (Fsp3) is 0.615. The van der Waals surface area contributed by atoms with Crippen LogP contribution in [0.4, 0.5) is 17.2 Å². The predicted molar refractivity (Wildman–Crippen MR) is 76.3 cm³/mol. The van der Waals surface area contributed by atoms with Gasteiger partial charge in [0.1, 0.15) is 0 Å². The molecule has 1 fully saturated rings. The van der Waals surface area contributed by atoms with E-state index >= 15 is 0 Å². The van der Waals surface area contributed by atoms with E-state index in [0.29, 0.717) is 11.4 Å². The highest BCUT2D eigenvalue weighted by molar-refractivity contribution is 5.66. The Morgan fingerprint density at radius 1 is 1.22 bits per heavy atom. The number of pyridine rings is 1. The molecule has 0 aromatic carbocycles. The van der Waals surface area contributed by atoms with E-state index in [2.05, 4.69) is 31.0 Å². The van der Waals surface area contributed by atoms with Gasteiger partial charge in [-0.3, -0.25) is 0 Å². The number of piperidine rings is 1. The van der Waals surface area contributed by atoms with Gasteiger partial charge in [0.25, 0.3) is 0 Å². The standard InChI is InChI=1S/C13H24N5/c1-18(2,3)11-4-6-17(7-5-11)13-12(15)8-10(14)9-16-13/h8-9,11H,4-7,14-15H2,1-3H3/q+1. The monoisotopic (exact) mass is 250 g/mol. The molecule has 0 aliphatic carbocycles. The third-order valence-electron chi connectivity index (χ3n) is 3.78. The van der Waals surface area contributed by atoms with Gasteiger partial charge in [-0.25, -0.2) is 4.98 Å². The van der Waals surface area contributed by atoms with Crippen molar-refractivity contribution in [1.29, 1.82) is 0 Å². The van der Waals surface area contributed by atoms with Gasteiger partial charge < -0.3 is 20.9 Å². The summed E-state index contributed by atoms with van der Waals surface area (Å²) in [5, 5.41) is 0. The number of anilines is 3. The van der Waals surface area contributed by atoms with Crippen molar-refractivity contribution < 1.29 is 4.48 Å². The SMILES string of the molecule is C[N+](C)(C)C1CCN(c2ncc(N)cc2N)CC1. The van der Waals surface area contributed by atoms with E-state index in [0.717, 1.165) is 29.4 Å². The van der Waals surface area contributed by atoms with Crippen molar-refractivity contribution in [3.8, 4) is 0 Å². The van der Waals surface area contributed by atoms with Crippen molar-refractivity contribution in [2.45, 2.75) is 18.9 Å². The summed E-state index contributed by atoms with van der Waals surface area (Å²) < 4.78 is 1.03. The van der Waals surface area contributed by atoms with E-state index in [1.165, 1.54) is 12.8 Å². The smallest absolute Gasteiger partial charge is 0.151 e. The number of nitrogens with zero attached hydrogens (tertiary/aromatic N) is 3. The molecule has 1 aromatic rings. The highest BCUT2D eigenvalue weighted by Crippen LogP contribution is 2.27. The minimum absolute atomic E-state index is 0.623. The van der Waals surface area contributed by atoms with E-state index in [9.17, 15) is 0 Å². The van der Waals surface area contributed by atoms with Crippen molar-refractivity contribution in [3.05, 3.63) is 12.3 Å². The summed E-state index contributed by atoms with van der Waals surface area (Å²) in [7, 11) is 6.78. The van der Waals surface area contributed by atoms with Crippen molar-refractivity contribution in [3.63, 3.8) is 0 Å². The molecule has 5 nitrogen and oxygen atoms in total. The summed E-state index contributed by atoms with van der Waals surface area (Å²) in [6, 6.07) is 2.50. The van der Waals surface area contributed by atoms with Crippen LogP contribution in [0.5, 0.6) is 0 Å². The number of quaternary nitrogens is 1. The zero-order valence-corrected chi connectivity index (χ0v) is 11.6. The van der Waals surface area contributed by atoms with Gasteiger partial charge in [0.2, 0.25) is 0 Å². The molecule has 5 heteroatoms. The first-order valence-electron chi connectivity index (χ1n) is 6.45. The largest absolute Gasteiger partial charge is 0.397 e. The Morgan fingerprint density at radius 2 is 1.83 bits per heavy atom. The molecule has 4 N–H and O–H groups in total. The Balaban J connectivity index is 2.06. The van der Waals surface area contributed by atoms with E-state index in [4.69, 9.17) is 11.5 Å². The summed E-state index contributed by atoms with van der Waals surface area (Å²) in [6.07, 6.45) is 4.03. The first-order chi connectivity index (χ1) is 8.38. The second kappa shape index (κ2) is 4.65. The normalized spacial score (nSPS) is 18.1. The number of aromatic nitrogens is 1. The molecule has 0 saturated carbocycles. The van der Waals surface area contributed by atoms with Gasteiger partial charge in [0.05, 0.1) is 44.8 Å². The van der Waals surface area contributed by atoms with Gasteiger partial charge in [-0.15, -0.1) is 0 Å². The molecule has 0 atom stereocenters. The third-order valence-corrected chi connectivity index (χ3v) is 3.78. The average Bonchev–Trinajstić information content (AvgIpc) is 2.28. The van der Waals surface area contributed by atoms with E-state index in [-0.39, 0.29) is 0 Å². The van der Waals surface area contributed by atoms with Crippen LogP contribution in [-0.2, 0) is 0 Å². The molecule has 0 radical (unpaired) electrons. The molecule has 2 heterocycles. The first kappa shape index (κ1) is 13.0. The maximum Gasteiger partial charge on any atom is 0.151 e. The molecular formula is C13H24N5+. The van der Waals surface area contributed by atoms with Crippen LogP contribution >= 0.6 is 0 Å². The Labute approximate surface area is 109 Å². The molecule has 18 heavy (non-hydrogen) atoms. The highest BCUT2D eigenvalue weighted by Gasteiger charge is 2.29. The molecule has 1 aliphatic heterocycles. The Hall–Kier alpha value is -1.49. The van der Waals surface area contributed by atoms with Gasteiger partial charge in [0.15, 0.2) is 5.82 Å². The van der Waals surface area contributed by atoms with Crippen LogP contribution < -0.4 is 16.4 Å². The minimum atomic E-state index is 0.623. The lowest BCUT2D eigenvalue weighted by molar-refractivity contribution is -0.896. The molecule has 1 aromatic heterocycles. The quantitative estimate of drug-likeness (QED) is 0.766. The van der Waals surface area contributed by atoms with Crippen LogP contribution in [-0.4, -0.2) is 49.7 Å². The average molecular weight is 250 g/mol. The van der Waals surface area contributed by atoms with Gasteiger partial charge in [-0.05, 0) is 6.07 Å². The molecule has 0 unspecified atom stereocenters. The lowest BCUT2D eigenvalue weighted by Gasteiger charge is -2.40. The summed E-state index contributed by atoms with van der Waals surface area (Å²) in [6.45, 7) is 2.03. The lowest BCUT2D eigenvalue weighted by Crippen LogP contribution is -2.51. The molecule has 1 aliphatic rings. The molecule has 0 amide bonds. The predicted octanol–water partition coefficient (Wildman–Crippen LogP) is 0.921. The second-order valence-electron chi connectivity index (χ2n) is 6.02. The zero-order valence-electron chi connectivity index (χ0n) is 11.6. The van der Waals surface area contributed by atoms with Crippen molar-refractivity contribution >= 4 is 17.2 Å². The topological polar surface area (TPSA) is 68.2 Å². The Morgan fingerprint density at radius 3 is 2.33 bits per heavy atom. The summed E-state index contributed by atoms with van der Waals surface area (Å²) in [4.78, 5) is 6.62. The van der Waals surface area contributed by atoms with Crippen molar-refractivity contribution in [1.82, 2.24) is 4.98 Å². The second-order valence-corrected chi connectivity index (χ2v) is 6.02. The van der Waals surface area contributed by atoms with E-state index in [1.807, 2.05) is 0 Å². The maximum atomic E-state index is 5.98. The summed E-state index contributed by atoms with van der Waals surface area (Å²) in [5.74, 6) is 0.879. The molecule has 0 bridgehead atoms. The number of hydrogen-bond acceptors (Lipinski definition) is 4. The highest BCUT2D eigenvalue weighted by atomic mass is 15.3. The third kappa shape index (κ3) is 2.67. The van der Waals surface area contributed by atoms with Gasteiger partial charge in [-0.1, -0.05) is 0 Å². The van der Waals surface area contributed by atoms with Crippen LogP contribution in [0.1, 0.15) is 12.8 Å². The lowest BCUT2D eigenvalue weighted by atomic mass is 10.0. The van der Waals surface area contributed by atoms with Crippen LogP contribution in [0.3, 0.4) is 0 Å². The van der Waals surface area contributed by atoms with Gasteiger partial charge in [-0.2, -0.15) is 0 Å². The van der Waals surface area contributed by atoms with Crippen LogP contribution in [0.2, 0.25) is 0 Å². The summed E-state index contributed by atoms with van der Waals surface area (Å²) in [5.41, 5.74) is 13.0. The van der Waals surface area contributed by atoms with Crippen molar-refractivity contribution in [2.24, 2.45) is 0 Å². The summed E-state index contributed by atoms with van der Waals surface area (Å²) >= 11 is 0. The molecule has 2 rings (SSSR count). The fourth-order valence-corrected chi connectivity index (χ4v) is 2.61. The molecule has 0 spiro atoms.